The third-order valence-electron chi connectivity index (χ3n) is 3.36. The molecule has 128 valence electrons. The summed E-state index contributed by atoms with van der Waals surface area (Å²) in [6.07, 6.45) is 1.12. The zero-order valence-corrected chi connectivity index (χ0v) is 13.4. The third-order valence-corrected chi connectivity index (χ3v) is 3.36. The van der Waals surface area contributed by atoms with E-state index in [0.717, 1.165) is 11.8 Å². The van der Waals surface area contributed by atoms with Crippen LogP contribution in [-0.2, 0) is 9.59 Å². The molecule has 0 spiro atoms. The lowest BCUT2D eigenvalue weighted by molar-refractivity contribution is -0.385. The van der Waals surface area contributed by atoms with Crippen LogP contribution in [0.25, 0.3) is 0 Å². The maximum atomic E-state index is 11.8. The fourth-order valence-electron chi connectivity index (χ4n) is 2.06. The number of hydrogen-bond donors (Lipinski definition) is 2. The van der Waals surface area contributed by atoms with Crippen molar-refractivity contribution in [2.75, 3.05) is 0 Å². The number of carbonyl (C=O) groups is 2. The van der Waals surface area contributed by atoms with Crippen LogP contribution < -0.4 is 10.7 Å². The Balaban J connectivity index is 1.94. The standard InChI is InChI=1S/C17H16N4O4/c1-12(13-7-3-2-4-8-13)19-16(22)17(23)20-18-11-14-9-5-6-10-15(14)21(24)25/h2-12H,1H3,(H,19,22)(H,20,23)/b18-11-/t12-/m0/s1. The largest absolute Gasteiger partial charge is 0.341 e. The van der Waals surface area contributed by atoms with Gasteiger partial charge in [0.2, 0.25) is 0 Å². The summed E-state index contributed by atoms with van der Waals surface area (Å²) in [5, 5.41) is 17.0. The first kappa shape index (κ1) is 17.8. The molecule has 0 saturated heterocycles. The summed E-state index contributed by atoms with van der Waals surface area (Å²) in [6, 6.07) is 14.7. The third kappa shape index (κ3) is 4.96. The maximum Gasteiger partial charge on any atom is 0.329 e. The molecule has 0 aliphatic rings. The quantitative estimate of drug-likeness (QED) is 0.374. The van der Waals surface area contributed by atoms with Crippen molar-refractivity contribution >= 4 is 23.7 Å². The zero-order valence-electron chi connectivity index (χ0n) is 13.4. The number of benzene rings is 2. The fourth-order valence-corrected chi connectivity index (χ4v) is 2.06. The Morgan fingerprint density at radius 2 is 1.72 bits per heavy atom. The molecule has 0 aliphatic heterocycles. The highest BCUT2D eigenvalue weighted by Gasteiger charge is 2.16. The summed E-state index contributed by atoms with van der Waals surface area (Å²) in [6.45, 7) is 1.75. The molecule has 2 aromatic carbocycles. The van der Waals surface area contributed by atoms with Crippen molar-refractivity contribution in [2.45, 2.75) is 13.0 Å². The number of hydrogen-bond acceptors (Lipinski definition) is 5. The van der Waals surface area contributed by atoms with E-state index in [2.05, 4.69) is 10.4 Å². The minimum absolute atomic E-state index is 0.150. The molecule has 2 rings (SSSR count). The number of carbonyl (C=O) groups excluding carboxylic acids is 2. The van der Waals surface area contributed by atoms with Crippen LogP contribution in [0, 0.1) is 10.1 Å². The van der Waals surface area contributed by atoms with Crippen LogP contribution in [0.3, 0.4) is 0 Å². The van der Waals surface area contributed by atoms with E-state index < -0.39 is 16.7 Å². The van der Waals surface area contributed by atoms with Gasteiger partial charge in [0.25, 0.3) is 5.69 Å². The molecule has 8 heteroatoms. The number of amides is 2. The van der Waals surface area contributed by atoms with Crippen molar-refractivity contribution < 1.29 is 14.5 Å². The van der Waals surface area contributed by atoms with E-state index in [-0.39, 0.29) is 17.3 Å². The van der Waals surface area contributed by atoms with E-state index in [4.69, 9.17) is 0 Å². The summed E-state index contributed by atoms with van der Waals surface area (Å²) in [5.41, 5.74) is 2.97. The first-order valence-corrected chi connectivity index (χ1v) is 7.41. The van der Waals surface area contributed by atoms with Gasteiger partial charge in [-0.15, -0.1) is 0 Å². The van der Waals surface area contributed by atoms with E-state index in [1.807, 2.05) is 35.8 Å². The summed E-state index contributed by atoms with van der Waals surface area (Å²) in [5.74, 6) is -1.81. The zero-order chi connectivity index (χ0) is 18.2. The molecule has 0 fully saturated rings. The average molecular weight is 340 g/mol. The van der Waals surface area contributed by atoms with E-state index >= 15 is 0 Å². The van der Waals surface area contributed by atoms with Crippen molar-refractivity contribution in [1.82, 2.24) is 10.7 Å². The molecular weight excluding hydrogens is 324 g/mol. The van der Waals surface area contributed by atoms with Gasteiger partial charge in [-0.25, -0.2) is 5.43 Å². The molecule has 0 heterocycles. The molecule has 0 radical (unpaired) electrons. The van der Waals surface area contributed by atoms with Crippen molar-refractivity contribution in [1.29, 1.82) is 0 Å². The van der Waals surface area contributed by atoms with Gasteiger partial charge in [0, 0.05) is 6.07 Å². The molecule has 2 N–H and O–H groups in total. The Bertz CT molecular complexity index is 805. The Kier molecular flexibility index (Phi) is 5.94. The van der Waals surface area contributed by atoms with Crippen molar-refractivity contribution in [3.8, 4) is 0 Å². The molecule has 8 nitrogen and oxygen atoms in total. The number of hydrazone groups is 1. The van der Waals surface area contributed by atoms with E-state index in [0.29, 0.717) is 0 Å². The van der Waals surface area contributed by atoms with Gasteiger partial charge < -0.3 is 5.32 Å². The van der Waals surface area contributed by atoms with E-state index in [1.54, 1.807) is 13.0 Å². The Morgan fingerprint density at radius 1 is 1.08 bits per heavy atom. The second-order valence-corrected chi connectivity index (χ2v) is 5.12. The van der Waals surface area contributed by atoms with Crippen LogP contribution in [-0.4, -0.2) is 23.0 Å². The van der Waals surface area contributed by atoms with Crippen LogP contribution in [0.5, 0.6) is 0 Å². The highest BCUT2D eigenvalue weighted by Crippen LogP contribution is 2.15. The number of nitro groups is 1. The topological polar surface area (TPSA) is 114 Å². The predicted molar refractivity (Wildman–Crippen MR) is 91.8 cm³/mol. The summed E-state index contributed by atoms with van der Waals surface area (Å²) in [7, 11) is 0. The smallest absolute Gasteiger partial charge is 0.329 e. The Morgan fingerprint density at radius 3 is 2.40 bits per heavy atom. The van der Waals surface area contributed by atoms with Crippen molar-refractivity contribution in [2.24, 2.45) is 5.10 Å². The van der Waals surface area contributed by atoms with E-state index in [9.17, 15) is 19.7 Å². The minimum Gasteiger partial charge on any atom is -0.341 e. The second-order valence-electron chi connectivity index (χ2n) is 5.12. The molecule has 1 atom stereocenters. The number of nitrogens with one attached hydrogen (secondary N) is 2. The lowest BCUT2D eigenvalue weighted by Crippen LogP contribution is -2.39. The van der Waals surface area contributed by atoms with Gasteiger partial charge in [0.05, 0.1) is 22.7 Å². The van der Waals surface area contributed by atoms with Gasteiger partial charge in [-0.3, -0.25) is 19.7 Å². The lowest BCUT2D eigenvalue weighted by atomic mass is 10.1. The molecule has 25 heavy (non-hydrogen) atoms. The number of para-hydroxylation sites is 1. The molecule has 2 amide bonds. The molecule has 0 unspecified atom stereocenters. The van der Waals surface area contributed by atoms with Gasteiger partial charge in [0.15, 0.2) is 0 Å². The van der Waals surface area contributed by atoms with Crippen LogP contribution in [0.2, 0.25) is 0 Å². The fraction of sp³-hybridized carbons (Fsp3) is 0.118. The normalized spacial score (nSPS) is 11.7. The lowest BCUT2D eigenvalue weighted by Gasteiger charge is -2.13. The molecule has 0 aromatic heterocycles. The first-order chi connectivity index (χ1) is 12.0. The predicted octanol–water partition coefficient (Wildman–Crippen LogP) is 1.92. The summed E-state index contributed by atoms with van der Waals surface area (Å²) in [4.78, 5) is 33.9. The molecule has 0 saturated carbocycles. The van der Waals surface area contributed by atoms with Gasteiger partial charge in [0.1, 0.15) is 0 Å². The van der Waals surface area contributed by atoms with Gasteiger partial charge in [-0.1, -0.05) is 42.5 Å². The van der Waals surface area contributed by atoms with Crippen LogP contribution in [0.15, 0.2) is 59.7 Å². The van der Waals surface area contributed by atoms with Crippen LogP contribution in [0.1, 0.15) is 24.1 Å². The highest BCUT2D eigenvalue weighted by atomic mass is 16.6. The monoisotopic (exact) mass is 340 g/mol. The molecule has 0 aliphatic carbocycles. The molecular formula is C17H16N4O4. The van der Waals surface area contributed by atoms with Crippen molar-refractivity contribution in [3.05, 3.63) is 75.8 Å². The van der Waals surface area contributed by atoms with Gasteiger partial charge >= 0.3 is 11.8 Å². The van der Waals surface area contributed by atoms with E-state index in [1.165, 1.54) is 18.2 Å². The first-order valence-electron chi connectivity index (χ1n) is 7.41. The number of rotatable bonds is 5. The highest BCUT2D eigenvalue weighted by molar-refractivity contribution is 6.35. The maximum absolute atomic E-state index is 11.8. The average Bonchev–Trinajstić information content (AvgIpc) is 2.62. The number of nitrogens with zero attached hydrogens (tertiary/aromatic N) is 2. The summed E-state index contributed by atoms with van der Waals surface area (Å²) < 4.78 is 0. The Hall–Kier alpha value is -3.55. The van der Waals surface area contributed by atoms with Crippen LogP contribution in [0.4, 0.5) is 5.69 Å². The summed E-state index contributed by atoms with van der Waals surface area (Å²) >= 11 is 0. The van der Waals surface area contributed by atoms with Crippen molar-refractivity contribution in [3.63, 3.8) is 0 Å². The SMILES string of the molecule is C[C@H](NC(=O)C(=O)N/N=C\c1ccccc1[N+](=O)[O-])c1ccccc1. The molecule has 2 aromatic rings. The minimum atomic E-state index is -0.961. The van der Waals surface area contributed by atoms with Gasteiger partial charge in [-0.05, 0) is 18.6 Å². The van der Waals surface area contributed by atoms with Gasteiger partial charge in [-0.2, -0.15) is 5.10 Å². The second kappa shape index (κ2) is 8.34. The number of nitro benzene ring substituents is 1. The molecule has 0 bridgehead atoms. The van der Waals surface area contributed by atoms with Crippen LogP contribution >= 0.6 is 0 Å². The Labute approximate surface area is 143 Å².